The van der Waals surface area contributed by atoms with Gasteiger partial charge in [0.15, 0.2) is 0 Å². The minimum absolute atomic E-state index is 0.310. The highest BCUT2D eigenvalue weighted by molar-refractivity contribution is 5.79. The molecule has 0 bridgehead atoms. The van der Waals surface area contributed by atoms with Gasteiger partial charge in [-0.2, -0.15) is 0 Å². The van der Waals surface area contributed by atoms with Gasteiger partial charge in [0.1, 0.15) is 0 Å². The highest BCUT2D eigenvalue weighted by Crippen LogP contribution is 2.08. The topological polar surface area (TPSA) is 35.6 Å². The molecule has 1 amide bonds. The number of likely N-dealkylation sites (tertiary alicyclic amines) is 1. The van der Waals surface area contributed by atoms with E-state index in [1.807, 2.05) is 4.90 Å². The second kappa shape index (κ2) is 4.28. The fourth-order valence-electron chi connectivity index (χ4n) is 1.96. The van der Waals surface area contributed by atoms with Gasteiger partial charge in [0, 0.05) is 38.8 Å². The van der Waals surface area contributed by atoms with Crippen molar-refractivity contribution in [1.29, 1.82) is 0 Å². The summed E-state index contributed by atoms with van der Waals surface area (Å²) < 4.78 is 0. The van der Waals surface area contributed by atoms with Crippen LogP contribution in [0.5, 0.6) is 0 Å². The summed E-state index contributed by atoms with van der Waals surface area (Å²) in [6, 6.07) is 0.494. The summed E-state index contributed by atoms with van der Waals surface area (Å²) in [6.45, 7) is 7.75. The monoisotopic (exact) mass is 197 g/mol. The summed E-state index contributed by atoms with van der Waals surface area (Å²) in [7, 11) is 0. The van der Waals surface area contributed by atoms with Crippen LogP contribution in [-0.2, 0) is 4.79 Å². The van der Waals surface area contributed by atoms with E-state index < -0.39 is 0 Å². The molecule has 1 atom stereocenters. The third-order valence-electron chi connectivity index (χ3n) is 3.19. The highest BCUT2D eigenvalue weighted by Gasteiger charge is 2.25. The van der Waals surface area contributed by atoms with E-state index >= 15 is 0 Å². The zero-order chi connectivity index (χ0) is 9.97. The quantitative estimate of drug-likeness (QED) is 0.649. The van der Waals surface area contributed by atoms with E-state index in [0.717, 1.165) is 32.7 Å². The molecular formula is C10H19N3O. The number of rotatable bonds is 2. The Labute approximate surface area is 85.2 Å². The molecule has 4 nitrogen and oxygen atoms in total. The number of hydrogen-bond donors (Lipinski definition) is 1. The lowest BCUT2D eigenvalue weighted by Crippen LogP contribution is -2.54. The Morgan fingerprint density at radius 1 is 1.43 bits per heavy atom. The molecule has 4 heteroatoms. The predicted molar refractivity (Wildman–Crippen MR) is 55.1 cm³/mol. The SMILES string of the molecule is C[C@@H]1CNCCN1CC(=O)N1CCC1. The molecule has 2 fully saturated rings. The van der Waals surface area contributed by atoms with E-state index in [9.17, 15) is 4.79 Å². The van der Waals surface area contributed by atoms with E-state index in [0.29, 0.717) is 18.5 Å². The molecule has 0 saturated carbocycles. The zero-order valence-electron chi connectivity index (χ0n) is 8.83. The summed E-state index contributed by atoms with van der Waals surface area (Å²) in [5, 5.41) is 3.33. The molecule has 2 aliphatic rings. The fraction of sp³-hybridized carbons (Fsp3) is 0.900. The Morgan fingerprint density at radius 2 is 2.21 bits per heavy atom. The summed E-state index contributed by atoms with van der Waals surface area (Å²) >= 11 is 0. The van der Waals surface area contributed by atoms with Gasteiger partial charge >= 0.3 is 0 Å². The fourth-order valence-corrected chi connectivity index (χ4v) is 1.96. The Hall–Kier alpha value is -0.610. The second-order valence-corrected chi connectivity index (χ2v) is 4.26. The minimum Gasteiger partial charge on any atom is -0.341 e. The zero-order valence-corrected chi connectivity index (χ0v) is 8.83. The molecule has 2 heterocycles. The predicted octanol–water partition coefficient (Wildman–Crippen LogP) is -0.488. The third kappa shape index (κ3) is 2.07. The van der Waals surface area contributed by atoms with Crippen LogP contribution in [0.4, 0.5) is 0 Å². The first-order valence-electron chi connectivity index (χ1n) is 5.50. The molecule has 0 aromatic rings. The molecule has 1 N–H and O–H groups in total. The van der Waals surface area contributed by atoms with Crippen LogP contribution in [0.25, 0.3) is 0 Å². The van der Waals surface area contributed by atoms with Crippen molar-refractivity contribution in [3.8, 4) is 0 Å². The van der Waals surface area contributed by atoms with Crippen LogP contribution >= 0.6 is 0 Å². The lowest BCUT2D eigenvalue weighted by molar-refractivity contribution is -0.136. The van der Waals surface area contributed by atoms with Crippen molar-refractivity contribution in [2.75, 3.05) is 39.3 Å². The number of carbonyl (C=O) groups is 1. The average Bonchev–Trinajstić information content (AvgIpc) is 2.05. The molecule has 2 aliphatic heterocycles. The summed E-state index contributed by atoms with van der Waals surface area (Å²) in [5.41, 5.74) is 0. The van der Waals surface area contributed by atoms with Gasteiger partial charge in [-0.1, -0.05) is 0 Å². The maximum absolute atomic E-state index is 11.7. The van der Waals surface area contributed by atoms with E-state index in [2.05, 4.69) is 17.1 Å². The van der Waals surface area contributed by atoms with E-state index in [1.54, 1.807) is 0 Å². The molecule has 80 valence electrons. The van der Waals surface area contributed by atoms with Crippen molar-refractivity contribution in [2.24, 2.45) is 0 Å². The van der Waals surface area contributed by atoms with Crippen LogP contribution in [0.3, 0.4) is 0 Å². The molecule has 0 aromatic heterocycles. The maximum Gasteiger partial charge on any atom is 0.236 e. The minimum atomic E-state index is 0.310. The average molecular weight is 197 g/mol. The van der Waals surface area contributed by atoms with Crippen molar-refractivity contribution in [3.05, 3.63) is 0 Å². The van der Waals surface area contributed by atoms with Crippen LogP contribution < -0.4 is 5.32 Å². The van der Waals surface area contributed by atoms with Crippen molar-refractivity contribution in [3.63, 3.8) is 0 Å². The molecule has 0 spiro atoms. The first-order chi connectivity index (χ1) is 6.77. The maximum atomic E-state index is 11.7. The van der Waals surface area contributed by atoms with E-state index in [4.69, 9.17) is 0 Å². The van der Waals surface area contributed by atoms with Gasteiger partial charge in [0.05, 0.1) is 6.54 Å². The number of amides is 1. The van der Waals surface area contributed by atoms with Crippen LogP contribution in [0.2, 0.25) is 0 Å². The van der Waals surface area contributed by atoms with Crippen LogP contribution in [0.15, 0.2) is 0 Å². The molecule has 0 unspecified atom stereocenters. The van der Waals surface area contributed by atoms with E-state index in [-0.39, 0.29) is 0 Å². The molecule has 2 rings (SSSR count). The normalized spacial score (nSPS) is 28.6. The lowest BCUT2D eigenvalue weighted by atomic mass is 10.2. The Balaban J connectivity index is 1.79. The molecule has 2 saturated heterocycles. The summed E-state index contributed by atoms with van der Waals surface area (Å²) in [4.78, 5) is 15.9. The van der Waals surface area contributed by atoms with Gasteiger partial charge in [-0.3, -0.25) is 9.69 Å². The first kappa shape index (κ1) is 9.93. The third-order valence-corrected chi connectivity index (χ3v) is 3.19. The highest BCUT2D eigenvalue weighted by atomic mass is 16.2. The Bertz CT molecular complexity index is 215. The van der Waals surface area contributed by atoms with Crippen molar-refractivity contribution in [1.82, 2.24) is 15.1 Å². The van der Waals surface area contributed by atoms with Gasteiger partial charge in [0.2, 0.25) is 5.91 Å². The van der Waals surface area contributed by atoms with Crippen LogP contribution in [0.1, 0.15) is 13.3 Å². The first-order valence-corrected chi connectivity index (χ1v) is 5.50. The number of piperazine rings is 1. The molecular weight excluding hydrogens is 178 g/mol. The molecule has 0 aromatic carbocycles. The smallest absolute Gasteiger partial charge is 0.236 e. The van der Waals surface area contributed by atoms with E-state index in [1.165, 1.54) is 6.42 Å². The molecule has 0 radical (unpaired) electrons. The summed E-state index contributed by atoms with van der Waals surface area (Å²) in [5.74, 6) is 0.310. The standard InChI is InChI=1S/C10H19N3O/c1-9-7-11-3-6-13(9)8-10(14)12-4-2-5-12/h9,11H,2-8H2,1H3/t9-/m1/s1. The number of nitrogens with zero attached hydrogens (tertiary/aromatic N) is 2. The second-order valence-electron chi connectivity index (χ2n) is 4.26. The van der Waals surface area contributed by atoms with Gasteiger partial charge in [-0.15, -0.1) is 0 Å². The van der Waals surface area contributed by atoms with Crippen molar-refractivity contribution < 1.29 is 4.79 Å². The number of carbonyl (C=O) groups excluding carboxylic acids is 1. The van der Waals surface area contributed by atoms with Gasteiger partial charge in [-0.25, -0.2) is 0 Å². The summed E-state index contributed by atoms with van der Waals surface area (Å²) in [6.07, 6.45) is 1.18. The van der Waals surface area contributed by atoms with Gasteiger partial charge in [-0.05, 0) is 13.3 Å². The van der Waals surface area contributed by atoms with Crippen molar-refractivity contribution in [2.45, 2.75) is 19.4 Å². The molecule has 14 heavy (non-hydrogen) atoms. The number of hydrogen-bond acceptors (Lipinski definition) is 3. The lowest BCUT2D eigenvalue weighted by Gasteiger charge is -2.37. The van der Waals surface area contributed by atoms with Crippen LogP contribution in [0, 0.1) is 0 Å². The van der Waals surface area contributed by atoms with Crippen LogP contribution in [-0.4, -0.2) is 61.0 Å². The van der Waals surface area contributed by atoms with Gasteiger partial charge < -0.3 is 10.2 Å². The number of nitrogens with one attached hydrogen (secondary N) is 1. The van der Waals surface area contributed by atoms with Crippen molar-refractivity contribution >= 4 is 5.91 Å². The van der Waals surface area contributed by atoms with Gasteiger partial charge in [0.25, 0.3) is 0 Å². The Morgan fingerprint density at radius 3 is 2.79 bits per heavy atom. The Kier molecular flexibility index (Phi) is 3.03. The molecule has 0 aliphatic carbocycles. The largest absolute Gasteiger partial charge is 0.341 e.